The summed E-state index contributed by atoms with van der Waals surface area (Å²) in [5, 5.41) is 5.91. The highest BCUT2D eigenvalue weighted by Crippen LogP contribution is 2.17. The fourth-order valence-electron chi connectivity index (χ4n) is 3.09. The van der Waals surface area contributed by atoms with E-state index in [1.54, 1.807) is 6.07 Å². The van der Waals surface area contributed by atoms with Crippen LogP contribution in [0.15, 0.2) is 53.6 Å². The van der Waals surface area contributed by atoms with Crippen LogP contribution in [0.3, 0.4) is 0 Å². The minimum Gasteiger partial charge on any atom is -0.309 e. The van der Waals surface area contributed by atoms with Crippen molar-refractivity contribution >= 4 is 11.6 Å². The molecule has 1 aliphatic rings. The Bertz CT molecular complexity index is 832. The lowest BCUT2D eigenvalue weighted by Gasteiger charge is -2.12. The zero-order valence-electron chi connectivity index (χ0n) is 15.9. The summed E-state index contributed by atoms with van der Waals surface area (Å²) in [6, 6.07) is 14.4. The normalized spacial score (nSPS) is 13.9. The minimum absolute atomic E-state index is 0.0353. The van der Waals surface area contributed by atoms with Gasteiger partial charge in [-0.05, 0) is 56.7 Å². The molecular weight excluding hydrogens is 341 g/mol. The van der Waals surface area contributed by atoms with Crippen LogP contribution in [0.1, 0.15) is 29.5 Å². The Morgan fingerprint density at radius 1 is 1.22 bits per heavy atom. The summed E-state index contributed by atoms with van der Waals surface area (Å²) in [4.78, 5) is 14.7. The maximum absolute atomic E-state index is 13.4. The third-order valence-corrected chi connectivity index (χ3v) is 4.51. The number of nitrogens with zero attached hydrogens (tertiary/aromatic N) is 3. The molecule has 141 valence electrons. The first-order valence-electron chi connectivity index (χ1n) is 9.22. The Morgan fingerprint density at radius 2 is 2.04 bits per heavy atom. The maximum Gasteiger partial charge on any atom is 0.247 e. The van der Waals surface area contributed by atoms with Crippen molar-refractivity contribution < 1.29 is 9.18 Å². The summed E-state index contributed by atoms with van der Waals surface area (Å²) in [5.74, 6) is -0.325. The van der Waals surface area contributed by atoms with Gasteiger partial charge in [0.05, 0.1) is 18.7 Å². The predicted molar refractivity (Wildman–Crippen MR) is 106 cm³/mol. The number of rotatable bonds is 7. The zero-order chi connectivity index (χ0) is 19.2. The highest BCUT2D eigenvalue weighted by Gasteiger charge is 2.22. The third-order valence-electron chi connectivity index (χ3n) is 4.51. The first kappa shape index (κ1) is 19.2. The smallest absolute Gasteiger partial charge is 0.247 e. The Kier molecular flexibility index (Phi) is 6.35. The standard InChI is InChI=1S/C22H25FN3O/c1-25(2)12-5-8-17-6-3-7-18(14-17)15-22(27)26-13-11-21(24-26)19-9-4-10-20(23)16-19/h3-4,6-10,14,16H,5,11-13,15H2,1-2H3. The molecule has 0 N–H and O–H groups in total. The van der Waals surface area contributed by atoms with Crippen molar-refractivity contribution in [3.63, 3.8) is 0 Å². The van der Waals surface area contributed by atoms with E-state index in [0.29, 0.717) is 19.4 Å². The average Bonchev–Trinajstić information content (AvgIpc) is 3.12. The second kappa shape index (κ2) is 8.91. The summed E-state index contributed by atoms with van der Waals surface area (Å²) < 4.78 is 13.4. The number of carbonyl (C=O) groups is 1. The quantitative estimate of drug-likeness (QED) is 0.752. The lowest BCUT2D eigenvalue weighted by molar-refractivity contribution is -0.130. The van der Waals surface area contributed by atoms with Crippen LogP contribution in [0.25, 0.3) is 0 Å². The van der Waals surface area contributed by atoms with Crippen molar-refractivity contribution in [2.75, 3.05) is 27.2 Å². The van der Waals surface area contributed by atoms with Gasteiger partial charge >= 0.3 is 0 Å². The van der Waals surface area contributed by atoms with Crippen molar-refractivity contribution in [1.82, 2.24) is 9.91 Å². The third kappa shape index (κ3) is 5.47. The molecular formula is C22H25FN3O. The molecule has 0 fully saturated rings. The number of carbonyl (C=O) groups excluding carboxylic acids is 1. The largest absolute Gasteiger partial charge is 0.309 e. The van der Waals surface area contributed by atoms with Crippen molar-refractivity contribution in [2.24, 2.45) is 5.10 Å². The Morgan fingerprint density at radius 3 is 2.81 bits per heavy atom. The molecule has 27 heavy (non-hydrogen) atoms. The van der Waals surface area contributed by atoms with Crippen LogP contribution in [0.4, 0.5) is 4.39 Å². The second-order valence-electron chi connectivity index (χ2n) is 7.04. The molecule has 0 spiro atoms. The molecule has 2 aromatic rings. The van der Waals surface area contributed by atoms with Crippen LogP contribution in [0.5, 0.6) is 0 Å². The van der Waals surface area contributed by atoms with E-state index in [1.807, 2.05) is 18.2 Å². The van der Waals surface area contributed by atoms with Gasteiger partial charge in [0.25, 0.3) is 0 Å². The van der Waals surface area contributed by atoms with Crippen LogP contribution in [0.2, 0.25) is 0 Å². The summed E-state index contributed by atoms with van der Waals surface area (Å²) >= 11 is 0. The van der Waals surface area contributed by atoms with Gasteiger partial charge in [-0.2, -0.15) is 5.10 Å². The van der Waals surface area contributed by atoms with Crippen molar-refractivity contribution in [2.45, 2.75) is 19.3 Å². The number of benzene rings is 2. The minimum atomic E-state index is -0.290. The van der Waals surface area contributed by atoms with Gasteiger partial charge in [0.2, 0.25) is 5.91 Å². The van der Waals surface area contributed by atoms with E-state index >= 15 is 0 Å². The van der Waals surface area contributed by atoms with Gasteiger partial charge in [-0.25, -0.2) is 9.40 Å². The van der Waals surface area contributed by atoms with Gasteiger partial charge in [0, 0.05) is 12.0 Å². The Labute approximate surface area is 160 Å². The number of halogens is 1. The molecule has 3 rings (SSSR count). The molecule has 0 aromatic heterocycles. The van der Waals surface area contributed by atoms with Crippen molar-refractivity contribution in [3.8, 4) is 0 Å². The van der Waals surface area contributed by atoms with Crippen LogP contribution < -0.4 is 0 Å². The van der Waals surface area contributed by atoms with Gasteiger partial charge < -0.3 is 4.90 Å². The van der Waals surface area contributed by atoms with E-state index in [9.17, 15) is 9.18 Å². The van der Waals surface area contributed by atoms with Crippen LogP contribution in [0, 0.1) is 12.2 Å². The van der Waals surface area contributed by atoms with Gasteiger partial charge in [0.15, 0.2) is 0 Å². The molecule has 5 heteroatoms. The summed E-state index contributed by atoms with van der Waals surface area (Å²) in [6.07, 6.45) is 4.12. The first-order chi connectivity index (χ1) is 13.0. The monoisotopic (exact) mass is 366 g/mol. The van der Waals surface area contributed by atoms with E-state index in [2.05, 4.69) is 42.7 Å². The summed E-state index contributed by atoms with van der Waals surface area (Å²) in [5.41, 5.74) is 3.61. The molecule has 2 aromatic carbocycles. The Hall–Kier alpha value is -2.53. The molecule has 1 amide bonds. The number of hydrogen-bond donors (Lipinski definition) is 0. The summed E-state index contributed by atoms with van der Waals surface area (Å²) in [7, 11) is 4.11. The highest BCUT2D eigenvalue weighted by molar-refractivity contribution is 6.02. The fourth-order valence-corrected chi connectivity index (χ4v) is 3.09. The van der Waals surface area contributed by atoms with Crippen LogP contribution in [-0.2, 0) is 11.2 Å². The highest BCUT2D eigenvalue weighted by atomic mass is 19.1. The molecule has 0 saturated carbocycles. The van der Waals surface area contributed by atoms with E-state index in [0.717, 1.165) is 35.4 Å². The van der Waals surface area contributed by atoms with E-state index in [1.165, 1.54) is 17.1 Å². The lowest BCUT2D eigenvalue weighted by Crippen LogP contribution is -2.25. The van der Waals surface area contributed by atoms with Crippen LogP contribution >= 0.6 is 0 Å². The first-order valence-corrected chi connectivity index (χ1v) is 9.22. The SMILES string of the molecule is CN(C)CC[CH]c1cccc(CC(=O)N2CCC(c3cccc(F)c3)=N2)c1. The van der Waals surface area contributed by atoms with E-state index < -0.39 is 0 Å². The van der Waals surface area contributed by atoms with Crippen LogP contribution in [-0.4, -0.2) is 48.7 Å². The lowest BCUT2D eigenvalue weighted by atomic mass is 10.0. The van der Waals surface area contributed by atoms with E-state index in [-0.39, 0.29) is 11.7 Å². The fraction of sp³-hybridized carbons (Fsp3) is 0.318. The van der Waals surface area contributed by atoms with E-state index in [4.69, 9.17) is 0 Å². The van der Waals surface area contributed by atoms with Crippen molar-refractivity contribution in [3.05, 3.63) is 77.5 Å². The number of hydrogen-bond acceptors (Lipinski definition) is 3. The Balaban J connectivity index is 1.61. The molecule has 4 nitrogen and oxygen atoms in total. The molecule has 1 heterocycles. The molecule has 1 aliphatic heterocycles. The molecule has 1 radical (unpaired) electrons. The molecule has 0 bridgehead atoms. The van der Waals surface area contributed by atoms with Gasteiger partial charge in [0.1, 0.15) is 5.82 Å². The zero-order valence-corrected chi connectivity index (χ0v) is 15.9. The van der Waals surface area contributed by atoms with Gasteiger partial charge in [-0.15, -0.1) is 0 Å². The molecule has 0 saturated heterocycles. The molecule has 0 unspecified atom stereocenters. The summed E-state index contributed by atoms with van der Waals surface area (Å²) in [6.45, 7) is 1.54. The van der Waals surface area contributed by atoms with Gasteiger partial charge in [-0.3, -0.25) is 4.79 Å². The molecule has 0 aliphatic carbocycles. The van der Waals surface area contributed by atoms with Gasteiger partial charge in [-0.1, -0.05) is 36.4 Å². The number of amides is 1. The second-order valence-corrected chi connectivity index (χ2v) is 7.04. The van der Waals surface area contributed by atoms with Crippen molar-refractivity contribution in [1.29, 1.82) is 0 Å². The number of hydrazone groups is 1. The topological polar surface area (TPSA) is 35.9 Å². The maximum atomic E-state index is 13.4. The predicted octanol–water partition coefficient (Wildman–Crippen LogP) is 3.51. The molecule has 0 atom stereocenters. The average molecular weight is 366 g/mol.